The van der Waals surface area contributed by atoms with Crippen LogP contribution < -0.4 is 14.9 Å². The Bertz CT molecular complexity index is 3410. The second-order valence-corrected chi connectivity index (χ2v) is 23.2. The first kappa shape index (κ1) is 65.5. The third-order valence-electron chi connectivity index (χ3n) is 17.4. The second kappa shape index (κ2) is 27.4. The van der Waals surface area contributed by atoms with E-state index in [2.05, 4.69) is 132 Å². The van der Waals surface area contributed by atoms with Crippen molar-refractivity contribution in [2.24, 2.45) is 0 Å². The molecule has 5 heterocycles. The molecule has 2 aromatic heterocycles. The summed E-state index contributed by atoms with van der Waals surface area (Å²) in [6, 6.07) is 20.8. The molecule has 9 rings (SSSR count). The standard InChI is InChI=1S/C31H36N2O4.C26H34BNO3.C11H13NO3.CH4/c1-18-12-19(2)22(5)30(21(18)4)31(35)33-11-10-23-8-9-24(14-25(23)17-33)26(15-29(34)37-7)27-16-32-28(36-6)13-20(27)3;1-16-13-17(2)19(4)23(18(16)3)24(29)28-12-11-20-9-10-22(14-21(20)15-28)27-30-25(5,6)26(7,8)31-27;1-8-6-10(14-2)12-7-9(8)4-5-11(13)15-3;/h8-9,12-14,16,26H,10-11,15,17H2,1-7H3;9-10,13-14H,11-12,15H2,1-8H3;4-7H,1-3H3;1H4/b;;5-4+;. The average molecular weight is 1140 g/mol. The summed E-state index contributed by atoms with van der Waals surface area (Å²) in [5.41, 5.74) is 20.5. The van der Waals surface area contributed by atoms with Crippen molar-refractivity contribution < 1.29 is 47.4 Å². The van der Waals surface area contributed by atoms with Gasteiger partial charge in [-0.3, -0.25) is 14.4 Å². The summed E-state index contributed by atoms with van der Waals surface area (Å²) in [5.74, 6) is 0.428. The first-order valence-corrected chi connectivity index (χ1v) is 28.4. The predicted molar refractivity (Wildman–Crippen MR) is 334 cm³/mol. The molecule has 4 aromatic carbocycles. The van der Waals surface area contributed by atoms with Crippen LogP contribution in [0.5, 0.6) is 11.8 Å². The molecule has 446 valence electrons. The molecule has 0 aliphatic carbocycles. The molecule has 6 aromatic rings. The zero-order valence-electron chi connectivity index (χ0n) is 52.1. The number of rotatable bonds is 11. The normalized spacial score (nSPS) is 15.0. The Morgan fingerprint density at radius 1 is 0.583 bits per heavy atom. The van der Waals surface area contributed by atoms with Crippen molar-refractivity contribution in [2.75, 3.05) is 41.5 Å². The third kappa shape index (κ3) is 14.5. The number of amides is 2. The van der Waals surface area contributed by atoms with Crippen molar-refractivity contribution in [3.05, 3.63) is 185 Å². The lowest BCUT2D eigenvalue weighted by Crippen LogP contribution is -2.41. The van der Waals surface area contributed by atoms with Crippen molar-refractivity contribution in [1.29, 1.82) is 0 Å². The average Bonchev–Trinajstić information content (AvgIpc) is 2.15. The number of nitrogens with zero attached hydrogens (tertiary/aromatic N) is 4. The molecule has 0 bridgehead atoms. The van der Waals surface area contributed by atoms with Gasteiger partial charge in [-0.25, -0.2) is 14.8 Å². The fourth-order valence-electron chi connectivity index (χ4n) is 11.0. The Morgan fingerprint density at radius 3 is 1.50 bits per heavy atom. The zero-order valence-corrected chi connectivity index (χ0v) is 52.1. The van der Waals surface area contributed by atoms with E-state index >= 15 is 0 Å². The van der Waals surface area contributed by atoms with Gasteiger partial charge >= 0.3 is 19.1 Å². The lowest BCUT2D eigenvalue weighted by molar-refractivity contribution is -0.141. The number of ether oxygens (including phenoxy) is 4. The fraction of sp³-hybridized carbons (Fsp3) is 0.420. The van der Waals surface area contributed by atoms with E-state index < -0.39 is 0 Å². The van der Waals surface area contributed by atoms with E-state index in [0.717, 1.165) is 103 Å². The van der Waals surface area contributed by atoms with Gasteiger partial charge in [0.1, 0.15) is 0 Å². The molecule has 1 fully saturated rings. The van der Waals surface area contributed by atoms with Crippen molar-refractivity contribution >= 4 is 42.4 Å². The monoisotopic (exact) mass is 1140 g/mol. The summed E-state index contributed by atoms with van der Waals surface area (Å²) in [5, 5.41) is 0. The quantitative estimate of drug-likeness (QED) is 0.0688. The van der Waals surface area contributed by atoms with E-state index in [1.807, 2.05) is 43.6 Å². The van der Waals surface area contributed by atoms with Crippen LogP contribution >= 0.6 is 0 Å². The number of carbonyl (C=O) groups is 4. The molecule has 84 heavy (non-hydrogen) atoms. The molecule has 1 unspecified atom stereocenters. The fourth-order valence-corrected chi connectivity index (χ4v) is 11.0. The summed E-state index contributed by atoms with van der Waals surface area (Å²) in [6.45, 7) is 31.3. The number of aromatic nitrogens is 2. The van der Waals surface area contributed by atoms with Crippen LogP contribution in [0, 0.1) is 69.2 Å². The van der Waals surface area contributed by atoms with Gasteiger partial charge < -0.3 is 38.1 Å². The largest absolute Gasteiger partial charge is 0.494 e. The van der Waals surface area contributed by atoms with E-state index in [1.165, 1.54) is 48.1 Å². The molecule has 15 heteroatoms. The number of hydrogen-bond acceptors (Lipinski definition) is 12. The Kier molecular flexibility index (Phi) is 21.4. The van der Waals surface area contributed by atoms with Crippen molar-refractivity contribution in [3.63, 3.8) is 0 Å². The van der Waals surface area contributed by atoms with Crippen LogP contribution in [0.4, 0.5) is 0 Å². The maximum absolute atomic E-state index is 13.7. The smallest absolute Gasteiger partial charge is 0.481 e. The Labute approximate surface area is 499 Å². The Balaban J connectivity index is 0.000000217. The molecule has 3 aliphatic heterocycles. The number of aryl methyl sites for hydroxylation is 6. The van der Waals surface area contributed by atoms with Gasteiger partial charge in [0.25, 0.3) is 11.8 Å². The molecule has 0 N–H and O–H groups in total. The minimum absolute atomic E-state index is 0. The van der Waals surface area contributed by atoms with E-state index in [-0.39, 0.29) is 61.8 Å². The number of methoxy groups -OCH3 is 4. The number of esters is 2. The van der Waals surface area contributed by atoms with Crippen molar-refractivity contribution in [1.82, 2.24) is 19.8 Å². The maximum Gasteiger partial charge on any atom is 0.494 e. The summed E-state index contributed by atoms with van der Waals surface area (Å²) in [6.07, 6.45) is 8.32. The highest BCUT2D eigenvalue weighted by atomic mass is 16.7. The third-order valence-corrected chi connectivity index (χ3v) is 17.4. The Hall–Kier alpha value is -7.62. The minimum Gasteiger partial charge on any atom is -0.481 e. The van der Waals surface area contributed by atoms with Gasteiger partial charge in [-0.2, -0.15) is 0 Å². The SMILES string of the molecule is C.COC(=O)/C=C/c1cnc(OC)cc1C.COC(=O)CC(c1ccc2c(c1)CN(C(=O)c1c(C)c(C)cc(C)c1C)CC2)c1cnc(OC)cc1C.Cc1cc(C)c(C)c(C(=O)N2CCc3ccc(B4OC(C)(C)C(C)(C)O4)cc3C2)c1C. The number of fused-ring (bicyclic) bond motifs is 2. The van der Waals surface area contributed by atoms with Crippen LogP contribution in [-0.2, 0) is 54.3 Å². The minimum atomic E-state index is -0.384. The van der Waals surface area contributed by atoms with Gasteiger partial charge in [-0.1, -0.05) is 56.0 Å². The van der Waals surface area contributed by atoms with Gasteiger partial charge in [0.05, 0.1) is 46.1 Å². The van der Waals surface area contributed by atoms with Crippen LogP contribution in [0.3, 0.4) is 0 Å². The number of pyridine rings is 2. The van der Waals surface area contributed by atoms with Gasteiger partial charge in [0, 0.05) is 73.8 Å². The molecule has 0 radical (unpaired) electrons. The molecule has 0 saturated carbocycles. The molecule has 2 amide bonds. The van der Waals surface area contributed by atoms with Gasteiger partial charge in [-0.05, 0) is 216 Å². The van der Waals surface area contributed by atoms with Crippen LogP contribution in [0.2, 0.25) is 0 Å². The van der Waals surface area contributed by atoms with E-state index in [4.69, 9.17) is 23.5 Å². The predicted octanol–water partition coefficient (Wildman–Crippen LogP) is 12.2. The highest BCUT2D eigenvalue weighted by Gasteiger charge is 2.52. The van der Waals surface area contributed by atoms with E-state index in [1.54, 1.807) is 38.8 Å². The Morgan fingerprint density at radius 2 is 1.05 bits per heavy atom. The topological polar surface area (TPSA) is 156 Å². The van der Waals surface area contributed by atoms with E-state index in [9.17, 15) is 19.2 Å². The summed E-state index contributed by atoms with van der Waals surface area (Å²) in [7, 11) is 5.51. The van der Waals surface area contributed by atoms with Gasteiger partial charge in [0.15, 0.2) is 0 Å². The van der Waals surface area contributed by atoms with Gasteiger partial charge in [-0.15, -0.1) is 0 Å². The highest BCUT2D eigenvalue weighted by molar-refractivity contribution is 6.62. The van der Waals surface area contributed by atoms with Crippen LogP contribution in [0.1, 0.15) is 163 Å². The van der Waals surface area contributed by atoms with Crippen molar-refractivity contribution in [2.45, 2.75) is 154 Å². The lowest BCUT2D eigenvalue weighted by Gasteiger charge is -2.32. The number of hydrogen-bond donors (Lipinski definition) is 0. The summed E-state index contributed by atoms with van der Waals surface area (Å²) >= 11 is 0. The molecule has 1 saturated heterocycles. The van der Waals surface area contributed by atoms with Gasteiger partial charge in [0.2, 0.25) is 11.8 Å². The molecule has 1 atom stereocenters. The maximum atomic E-state index is 13.7. The molecule has 3 aliphatic rings. The van der Waals surface area contributed by atoms with Crippen LogP contribution in [0.25, 0.3) is 6.08 Å². The molecule has 0 spiro atoms. The highest BCUT2D eigenvalue weighted by Crippen LogP contribution is 2.38. The summed E-state index contributed by atoms with van der Waals surface area (Å²) < 4.78 is 32.2. The first-order valence-electron chi connectivity index (χ1n) is 28.4. The zero-order chi connectivity index (χ0) is 60.8. The lowest BCUT2D eigenvalue weighted by atomic mass is 9.77. The first-order chi connectivity index (χ1) is 39.2. The van der Waals surface area contributed by atoms with Crippen LogP contribution in [-0.4, -0.2) is 103 Å². The molecular weight excluding hydrogens is 1060 g/mol. The van der Waals surface area contributed by atoms with Crippen LogP contribution in [0.15, 0.2) is 79.1 Å². The summed E-state index contributed by atoms with van der Waals surface area (Å²) in [4.78, 5) is 62.9. The molecular formula is C69H87BN4O10. The number of carbonyl (C=O) groups excluding carboxylic acids is 4. The van der Waals surface area contributed by atoms with Crippen molar-refractivity contribution in [3.8, 4) is 11.8 Å². The number of benzene rings is 4. The van der Waals surface area contributed by atoms with E-state index in [0.29, 0.717) is 31.4 Å². The molecule has 14 nitrogen and oxygen atoms in total. The second-order valence-electron chi connectivity index (χ2n) is 23.2.